The van der Waals surface area contributed by atoms with Gasteiger partial charge >= 0.3 is 24.7 Å². The molecule has 38 heavy (non-hydrogen) atoms. The molecule has 0 radical (unpaired) electrons. The van der Waals surface area contributed by atoms with Crippen molar-refractivity contribution in [1.82, 2.24) is 9.78 Å². The first-order valence-electron chi connectivity index (χ1n) is 10.0. The normalized spacial score (nSPS) is 11.4. The summed E-state index contributed by atoms with van der Waals surface area (Å²) in [6.07, 6.45) is -12.0. The Hall–Kier alpha value is -4.63. The summed E-state index contributed by atoms with van der Waals surface area (Å²) in [4.78, 5) is 34.9. The van der Waals surface area contributed by atoms with Gasteiger partial charge in [-0.15, -0.1) is 0 Å². The van der Waals surface area contributed by atoms with Crippen molar-refractivity contribution in [3.05, 3.63) is 77.1 Å². The zero-order chi connectivity index (χ0) is 28.8. The Morgan fingerprint density at radius 2 is 1.66 bits per heavy atom. The molecule has 0 saturated heterocycles. The predicted molar refractivity (Wildman–Crippen MR) is 116 cm³/mol. The van der Waals surface area contributed by atoms with Crippen LogP contribution in [0.2, 0.25) is 0 Å². The molecule has 16 heteroatoms. The molecule has 2 amide bonds. The van der Waals surface area contributed by atoms with Crippen LogP contribution >= 0.6 is 0 Å². The molecule has 1 aromatic heterocycles. The number of ether oxygens (including phenoxy) is 1. The average molecular weight is 550 g/mol. The van der Waals surface area contributed by atoms with Crippen LogP contribution in [0.1, 0.15) is 36.8 Å². The number of aryl methyl sites for hydroxylation is 1. The summed E-state index contributed by atoms with van der Waals surface area (Å²) < 4.78 is 91.3. The van der Waals surface area contributed by atoms with Gasteiger partial charge in [-0.05, 0) is 36.4 Å². The van der Waals surface area contributed by atoms with E-state index < -0.39 is 53.5 Å². The average Bonchev–Trinajstić information content (AvgIpc) is 3.27. The number of halogens is 7. The van der Waals surface area contributed by atoms with Crippen molar-refractivity contribution in [1.29, 1.82) is 0 Å². The number of para-hydroxylation sites is 2. The maximum Gasteiger partial charge on any atom is 0.461 e. The molecular weight excluding hydrogens is 533 g/mol. The highest BCUT2D eigenvalue weighted by Gasteiger charge is 2.44. The molecule has 0 aliphatic heterocycles. The lowest BCUT2D eigenvalue weighted by atomic mass is 10.0. The highest BCUT2D eigenvalue weighted by atomic mass is 19.4. The van der Waals surface area contributed by atoms with Crippen LogP contribution in [-0.4, -0.2) is 45.2 Å². The molecule has 0 bridgehead atoms. The molecule has 3 rings (SSSR count). The van der Waals surface area contributed by atoms with Crippen LogP contribution in [0.25, 0.3) is 0 Å². The Morgan fingerprint density at radius 1 is 1.03 bits per heavy atom. The van der Waals surface area contributed by atoms with Crippen molar-refractivity contribution in [2.75, 3.05) is 5.32 Å². The van der Waals surface area contributed by atoms with Crippen molar-refractivity contribution in [2.24, 2.45) is 12.8 Å². The lowest BCUT2D eigenvalue weighted by Gasteiger charge is -2.19. The van der Waals surface area contributed by atoms with Gasteiger partial charge in [-0.1, -0.05) is 12.1 Å². The third kappa shape index (κ3) is 7.68. The summed E-state index contributed by atoms with van der Waals surface area (Å²) >= 11 is 0. The van der Waals surface area contributed by atoms with Crippen LogP contribution in [0.5, 0.6) is 5.75 Å². The minimum absolute atomic E-state index is 0.314. The lowest BCUT2D eigenvalue weighted by Crippen LogP contribution is -2.33. The summed E-state index contributed by atoms with van der Waals surface area (Å²) in [5.74, 6) is -4.25. The second kappa shape index (κ2) is 11.6. The van der Waals surface area contributed by atoms with Crippen molar-refractivity contribution < 1.29 is 55.0 Å². The Labute approximate surface area is 208 Å². The van der Waals surface area contributed by atoms with E-state index in [1.54, 1.807) is 0 Å². The Balaban J connectivity index is 0.000000423. The lowest BCUT2D eigenvalue weighted by molar-refractivity contribution is -0.252. The largest absolute Gasteiger partial charge is 0.478 e. The molecule has 0 spiro atoms. The highest BCUT2D eigenvalue weighted by Crippen LogP contribution is 2.33. The summed E-state index contributed by atoms with van der Waals surface area (Å²) in [5.41, 5.74) is 2.80. The standard InChI is InChI=1S/C17H12F4N2O5.C5H5F3N2/c18-16(19)17(20,21)28-12-4-2-1-3-11(12)23-14(25)9-6-5-8(15(26)27)7-10(9)13(22)24;1-10-3-2-4(9-10)5(6,7)8/h1-7,16H,(H2,22,24)(H,23,25)(H,26,27);2-3H,1H3. The minimum Gasteiger partial charge on any atom is -0.478 e. The van der Waals surface area contributed by atoms with Crippen LogP contribution in [0.3, 0.4) is 0 Å². The van der Waals surface area contributed by atoms with Gasteiger partial charge in [-0.2, -0.15) is 35.8 Å². The third-order valence-electron chi connectivity index (χ3n) is 4.42. The second-order valence-electron chi connectivity index (χ2n) is 7.22. The van der Waals surface area contributed by atoms with Gasteiger partial charge in [0.2, 0.25) is 5.91 Å². The number of benzene rings is 2. The number of nitrogens with two attached hydrogens (primary N) is 1. The van der Waals surface area contributed by atoms with Gasteiger partial charge < -0.3 is 20.9 Å². The number of hydrogen-bond donors (Lipinski definition) is 3. The van der Waals surface area contributed by atoms with Gasteiger partial charge in [-0.25, -0.2) is 4.79 Å². The summed E-state index contributed by atoms with van der Waals surface area (Å²) in [7, 11) is 1.44. The Bertz CT molecular complexity index is 1330. The van der Waals surface area contributed by atoms with E-state index in [4.69, 9.17) is 10.8 Å². The fraction of sp³-hybridized carbons (Fsp3) is 0.182. The van der Waals surface area contributed by atoms with Gasteiger partial charge in [0.05, 0.1) is 22.4 Å². The first-order valence-corrected chi connectivity index (χ1v) is 10.0. The van der Waals surface area contributed by atoms with Gasteiger partial charge in [-0.3, -0.25) is 14.3 Å². The number of carboxylic acids is 1. The van der Waals surface area contributed by atoms with Crippen LogP contribution in [-0.2, 0) is 13.2 Å². The van der Waals surface area contributed by atoms with E-state index in [1.807, 2.05) is 0 Å². The number of carbonyl (C=O) groups excluding carboxylic acids is 2. The molecule has 0 aliphatic rings. The number of hydrogen-bond acceptors (Lipinski definition) is 5. The molecule has 2 aromatic carbocycles. The number of rotatable bonds is 7. The molecule has 9 nitrogen and oxygen atoms in total. The fourth-order valence-electron chi connectivity index (χ4n) is 2.69. The SMILES string of the molecule is Cn1ccc(C(F)(F)F)n1.NC(=O)c1cc(C(=O)O)ccc1C(=O)Nc1ccccc1OC(F)(F)C(F)F. The molecule has 3 aromatic rings. The molecule has 0 aliphatic carbocycles. The van der Waals surface area contributed by atoms with E-state index in [0.717, 1.165) is 41.1 Å². The van der Waals surface area contributed by atoms with E-state index >= 15 is 0 Å². The van der Waals surface area contributed by atoms with Crippen molar-refractivity contribution in [3.63, 3.8) is 0 Å². The van der Waals surface area contributed by atoms with Crippen LogP contribution < -0.4 is 15.8 Å². The number of anilines is 1. The Morgan fingerprint density at radius 3 is 2.13 bits per heavy atom. The van der Waals surface area contributed by atoms with Gasteiger partial charge in [0.1, 0.15) is 5.75 Å². The quantitative estimate of drug-likeness (QED) is 0.373. The topological polar surface area (TPSA) is 137 Å². The first kappa shape index (κ1) is 29.6. The smallest absolute Gasteiger partial charge is 0.461 e. The summed E-state index contributed by atoms with van der Waals surface area (Å²) in [5, 5.41) is 14.3. The first-order chi connectivity index (χ1) is 17.5. The van der Waals surface area contributed by atoms with Crippen LogP contribution in [0, 0.1) is 0 Å². The van der Waals surface area contributed by atoms with Gasteiger partial charge in [0.25, 0.3) is 5.91 Å². The zero-order valence-corrected chi connectivity index (χ0v) is 19.0. The molecular formula is C22H17F7N4O5. The molecule has 0 saturated carbocycles. The van der Waals surface area contributed by atoms with Crippen LogP contribution in [0.15, 0.2) is 54.7 Å². The number of aromatic nitrogens is 2. The number of primary amides is 1. The molecule has 0 unspecified atom stereocenters. The number of nitrogens with zero attached hydrogens (tertiary/aromatic N) is 2. The van der Waals surface area contributed by atoms with E-state index in [0.29, 0.717) is 0 Å². The Kier molecular flexibility index (Phi) is 9.05. The maximum absolute atomic E-state index is 13.2. The maximum atomic E-state index is 13.2. The number of carboxylic acid groups (broad SMARTS) is 1. The van der Waals surface area contributed by atoms with Gasteiger partial charge in [0.15, 0.2) is 5.69 Å². The fourth-order valence-corrected chi connectivity index (χ4v) is 2.69. The van der Waals surface area contributed by atoms with E-state index in [-0.39, 0.29) is 16.8 Å². The second-order valence-corrected chi connectivity index (χ2v) is 7.22. The highest BCUT2D eigenvalue weighted by molar-refractivity contribution is 6.13. The van der Waals surface area contributed by atoms with Crippen molar-refractivity contribution in [3.8, 4) is 5.75 Å². The number of carbonyl (C=O) groups is 3. The number of amides is 2. The van der Waals surface area contributed by atoms with Crippen molar-refractivity contribution >= 4 is 23.5 Å². The van der Waals surface area contributed by atoms with E-state index in [1.165, 1.54) is 25.4 Å². The summed E-state index contributed by atoms with van der Waals surface area (Å²) in [6, 6.07) is 8.37. The van der Waals surface area contributed by atoms with Crippen LogP contribution in [0.4, 0.5) is 36.4 Å². The zero-order valence-electron chi connectivity index (χ0n) is 19.0. The van der Waals surface area contributed by atoms with Gasteiger partial charge in [0, 0.05) is 13.2 Å². The molecule has 1 heterocycles. The molecule has 0 fully saturated rings. The molecule has 4 N–H and O–H groups in total. The predicted octanol–water partition coefficient (Wildman–Crippen LogP) is 4.41. The monoisotopic (exact) mass is 550 g/mol. The number of nitrogens with one attached hydrogen (secondary N) is 1. The van der Waals surface area contributed by atoms with E-state index in [9.17, 15) is 45.1 Å². The molecule has 204 valence electrons. The number of aromatic carboxylic acids is 1. The third-order valence-corrected chi connectivity index (χ3v) is 4.42. The minimum atomic E-state index is -4.80. The number of alkyl halides is 7. The van der Waals surface area contributed by atoms with E-state index in [2.05, 4.69) is 15.2 Å². The summed E-state index contributed by atoms with van der Waals surface area (Å²) in [6.45, 7) is 0. The molecule has 0 atom stereocenters. The van der Waals surface area contributed by atoms with Crippen molar-refractivity contribution in [2.45, 2.75) is 18.7 Å².